The van der Waals surface area contributed by atoms with E-state index in [1.54, 1.807) is 12.1 Å². The number of hydrogen-bond acceptors (Lipinski definition) is 2. The molecule has 1 aromatic heterocycles. The number of rotatable bonds is 1. The van der Waals surface area contributed by atoms with E-state index >= 15 is 0 Å². The number of benzene rings is 1. The zero-order valence-corrected chi connectivity index (χ0v) is 10.1. The smallest absolute Gasteiger partial charge is 0.302 e. The minimum absolute atomic E-state index is 0.0859. The summed E-state index contributed by atoms with van der Waals surface area (Å²) in [7, 11) is 0. The van der Waals surface area contributed by atoms with Gasteiger partial charge < -0.3 is 9.72 Å². The number of aryl methyl sites for hydroxylation is 1. The first kappa shape index (κ1) is 11.3. The second-order valence-electron chi connectivity index (χ2n) is 4.75. The zero-order valence-electron chi connectivity index (χ0n) is 10.1. The largest absolute Gasteiger partial charge is 0.462 e. The highest BCUT2D eigenvalue weighted by molar-refractivity contribution is 5.85. The summed E-state index contributed by atoms with van der Waals surface area (Å²) in [6.45, 7) is 1.42. The van der Waals surface area contributed by atoms with Gasteiger partial charge in [-0.3, -0.25) is 4.79 Å². The number of esters is 1. The van der Waals surface area contributed by atoms with E-state index < -0.39 is 0 Å². The Kier molecular flexibility index (Phi) is 2.58. The van der Waals surface area contributed by atoms with Gasteiger partial charge in [-0.2, -0.15) is 0 Å². The van der Waals surface area contributed by atoms with E-state index in [9.17, 15) is 9.18 Å². The van der Waals surface area contributed by atoms with E-state index in [-0.39, 0.29) is 17.9 Å². The quantitative estimate of drug-likeness (QED) is 0.787. The predicted molar refractivity (Wildman–Crippen MR) is 65.8 cm³/mol. The van der Waals surface area contributed by atoms with Gasteiger partial charge in [-0.25, -0.2) is 4.39 Å². The van der Waals surface area contributed by atoms with Gasteiger partial charge in [0.25, 0.3) is 0 Å². The van der Waals surface area contributed by atoms with Crippen LogP contribution in [-0.2, 0) is 22.4 Å². The summed E-state index contributed by atoms with van der Waals surface area (Å²) >= 11 is 0. The summed E-state index contributed by atoms with van der Waals surface area (Å²) < 4.78 is 18.5. The van der Waals surface area contributed by atoms with Gasteiger partial charge in [0.1, 0.15) is 11.9 Å². The third kappa shape index (κ3) is 1.88. The molecular weight excluding hydrogens is 233 g/mol. The standard InChI is InChI=1S/C14H14FNO2/c1-8(17)18-10-3-5-14-12(7-10)11-6-9(15)2-4-13(11)16-14/h2,4,6,10,16H,3,5,7H2,1H3. The molecule has 1 aromatic carbocycles. The van der Waals surface area contributed by atoms with Gasteiger partial charge in [-0.05, 0) is 36.6 Å². The topological polar surface area (TPSA) is 42.1 Å². The monoisotopic (exact) mass is 247 g/mol. The van der Waals surface area contributed by atoms with Crippen molar-refractivity contribution >= 4 is 16.9 Å². The minimum atomic E-state index is -0.255. The Morgan fingerprint density at radius 3 is 3.11 bits per heavy atom. The second-order valence-corrected chi connectivity index (χ2v) is 4.75. The molecule has 3 rings (SSSR count). The maximum absolute atomic E-state index is 13.3. The summed E-state index contributed by atoms with van der Waals surface area (Å²) in [5, 5.41) is 0.904. The van der Waals surface area contributed by atoms with Gasteiger partial charge in [0.05, 0.1) is 0 Å². The van der Waals surface area contributed by atoms with E-state index in [0.29, 0.717) is 6.42 Å². The van der Waals surface area contributed by atoms with E-state index in [1.807, 2.05) is 0 Å². The van der Waals surface area contributed by atoms with Crippen LogP contribution in [0.15, 0.2) is 18.2 Å². The zero-order chi connectivity index (χ0) is 12.7. The third-order valence-corrected chi connectivity index (χ3v) is 3.44. The fourth-order valence-corrected chi connectivity index (χ4v) is 2.69. The Bertz CT molecular complexity index is 618. The Balaban J connectivity index is 2.00. The van der Waals surface area contributed by atoms with Gasteiger partial charge >= 0.3 is 5.97 Å². The van der Waals surface area contributed by atoms with Crippen molar-refractivity contribution in [2.24, 2.45) is 0 Å². The molecule has 1 heterocycles. The summed E-state index contributed by atoms with van der Waals surface area (Å²) in [5.41, 5.74) is 3.17. The number of H-pyrrole nitrogens is 1. The van der Waals surface area contributed by atoms with Gasteiger partial charge in [0.2, 0.25) is 0 Å². The van der Waals surface area contributed by atoms with Gasteiger partial charge in [0, 0.05) is 29.9 Å². The second kappa shape index (κ2) is 4.12. The number of halogens is 1. The predicted octanol–water partition coefficient (Wildman–Crippen LogP) is 2.73. The molecule has 1 unspecified atom stereocenters. The lowest BCUT2D eigenvalue weighted by atomic mass is 9.93. The van der Waals surface area contributed by atoms with Crippen LogP contribution >= 0.6 is 0 Å². The number of ether oxygens (including phenoxy) is 1. The lowest BCUT2D eigenvalue weighted by Gasteiger charge is -2.22. The normalized spacial score (nSPS) is 18.7. The molecule has 0 aliphatic heterocycles. The van der Waals surface area contributed by atoms with Crippen LogP contribution in [-0.4, -0.2) is 17.1 Å². The first-order valence-electron chi connectivity index (χ1n) is 6.09. The molecule has 0 amide bonds. The van der Waals surface area contributed by atoms with Crippen molar-refractivity contribution in [1.82, 2.24) is 4.98 Å². The molecule has 0 spiro atoms. The Hall–Kier alpha value is -1.84. The van der Waals surface area contributed by atoms with Crippen molar-refractivity contribution in [3.05, 3.63) is 35.3 Å². The summed E-state index contributed by atoms with van der Waals surface area (Å²) in [6, 6.07) is 4.75. The van der Waals surface area contributed by atoms with Gasteiger partial charge in [-0.1, -0.05) is 0 Å². The molecule has 0 fully saturated rings. The maximum atomic E-state index is 13.3. The number of fused-ring (bicyclic) bond motifs is 3. The number of aromatic nitrogens is 1. The average molecular weight is 247 g/mol. The number of nitrogens with one attached hydrogen (secondary N) is 1. The van der Waals surface area contributed by atoms with E-state index in [2.05, 4.69) is 4.98 Å². The van der Waals surface area contributed by atoms with Crippen molar-refractivity contribution < 1.29 is 13.9 Å². The molecule has 0 radical (unpaired) electrons. The van der Waals surface area contributed by atoms with Crippen LogP contribution in [0.3, 0.4) is 0 Å². The van der Waals surface area contributed by atoms with E-state index in [1.165, 1.54) is 13.0 Å². The van der Waals surface area contributed by atoms with Crippen LogP contribution in [0, 0.1) is 5.82 Å². The molecule has 0 saturated carbocycles. The highest BCUT2D eigenvalue weighted by Gasteiger charge is 2.24. The Morgan fingerprint density at radius 1 is 1.50 bits per heavy atom. The lowest BCUT2D eigenvalue weighted by Crippen LogP contribution is -2.24. The molecule has 18 heavy (non-hydrogen) atoms. The molecule has 2 aromatic rings. The number of carbonyl (C=O) groups excluding carboxylic acids is 1. The lowest BCUT2D eigenvalue weighted by molar-refractivity contribution is -0.146. The van der Waals surface area contributed by atoms with Crippen LogP contribution in [0.1, 0.15) is 24.6 Å². The SMILES string of the molecule is CC(=O)OC1CCc2[nH]c3ccc(F)cc3c2C1. The minimum Gasteiger partial charge on any atom is -0.462 e. The van der Waals surface area contributed by atoms with Crippen molar-refractivity contribution in [1.29, 1.82) is 0 Å². The summed E-state index contributed by atoms with van der Waals surface area (Å²) in [4.78, 5) is 14.3. The van der Waals surface area contributed by atoms with Crippen molar-refractivity contribution in [3.8, 4) is 0 Å². The molecule has 94 valence electrons. The van der Waals surface area contributed by atoms with Crippen LogP contribution in [0.4, 0.5) is 4.39 Å². The number of carbonyl (C=O) groups is 1. The Labute approximate surface area is 104 Å². The van der Waals surface area contributed by atoms with Crippen molar-refractivity contribution in [2.75, 3.05) is 0 Å². The van der Waals surface area contributed by atoms with Crippen LogP contribution < -0.4 is 0 Å². The third-order valence-electron chi connectivity index (χ3n) is 3.44. The molecule has 0 saturated heterocycles. The first-order valence-corrected chi connectivity index (χ1v) is 6.09. The van der Waals surface area contributed by atoms with Crippen LogP contribution in [0.2, 0.25) is 0 Å². The molecular formula is C14H14FNO2. The molecule has 4 heteroatoms. The van der Waals surface area contributed by atoms with Gasteiger partial charge in [0.15, 0.2) is 0 Å². The number of hydrogen-bond donors (Lipinski definition) is 1. The Morgan fingerprint density at radius 2 is 2.33 bits per heavy atom. The fraction of sp³-hybridized carbons (Fsp3) is 0.357. The van der Waals surface area contributed by atoms with E-state index in [0.717, 1.165) is 35.0 Å². The highest BCUT2D eigenvalue weighted by Crippen LogP contribution is 2.30. The summed E-state index contributed by atoms with van der Waals surface area (Å²) in [6.07, 6.45) is 2.24. The van der Waals surface area contributed by atoms with Crippen molar-refractivity contribution in [3.63, 3.8) is 0 Å². The molecule has 1 aliphatic rings. The molecule has 1 aliphatic carbocycles. The van der Waals surface area contributed by atoms with E-state index in [4.69, 9.17) is 4.74 Å². The average Bonchev–Trinajstić information content (AvgIpc) is 2.66. The number of aromatic amines is 1. The molecule has 1 N–H and O–H groups in total. The fourth-order valence-electron chi connectivity index (χ4n) is 2.69. The summed E-state index contributed by atoms with van der Waals surface area (Å²) in [5.74, 6) is -0.492. The maximum Gasteiger partial charge on any atom is 0.302 e. The van der Waals surface area contributed by atoms with Gasteiger partial charge in [-0.15, -0.1) is 0 Å². The van der Waals surface area contributed by atoms with Crippen molar-refractivity contribution in [2.45, 2.75) is 32.3 Å². The first-order chi connectivity index (χ1) is 8.63. The van der Waals surface area contributed by atoms with Crippen LogP contribution in [0.25, 0.3) is 10.9 Å². The van der Waals surface area contributed by atoms with Crippen LogP contribution in [0.5, 0.6) is 0 Å². The molecule has 0 bridgehead atoms. The molecule has 3 nitrogen and oxygen atoms in total. The highest BCUT2D eigenvalue weighted by atomic mass is 19.1. The molecule has 1 atom stereocenters.